The normalized spacial score (nSPS) is 10.7. The molecule has 2 rings (SSSR count). The van der Waals surface area contributed by atoms with Gasteiger partial charge in [0.05, 0.1) is 0 Å². The minimum Gasteiger partial charge on any atom is -0.477 e. The van der Waals surface area contributed by atoms with Crippen molar-refractivity contribution in [1.82, 2.24) is 9.97 Å². The second kappa shape index (κ2) is 2.98. The highest BCUT2D eigenvalue weighted by Gasteiger charge is 2.12. The molecule has 5 nitrogen and oxygen atoms in total. The van der Waals surface area contributed by atoms with Crippen LogP contribution in [0.4, 0.5) is 5.13 Å². The lowest BCUT2D eigenvalue weighted by Gasteiger charge is -2.04. The van der Waals surface area contributed by atoms with E-state index in [1.807, 2.05) is 19.0 Å². The first kappa shape index (κ1) is 9.01. The molecule has 0 spiro atoms. The zero-order valence-electron chi connectivity index (χ0n) is 7.74. The minimum absolute atomic E-state index is 0.184. The van der Waals surface area contributed by atoms with Crippen molar-refractivity contribution in [2.24, 2.45) is 0 Å². The van der Waals surface area contributed by atoms with E-state index in [0.717, 1.165) is 9.96 Å². The molecule has 0 saturated carbocycles. The van der Waals surface area contributed by atoms with Crippen molar-refractivity contribution in [1.29, 1.82) is 0 Å². The summed E-state index contributed by atoms with van der Waals surface area (Å²) in [7, 11) is 3.80. The Kier molecular flexibility index (Phi) is 1.92. The lowest BCUT2D eigenvalue weighted by molar-refractivity contribution is 0.0691. The number of carboxylic acid groups (broad SMARTS) is 1. The van der Waals surface area contributed by atoms with E-state index in [1.54, 1.807) is 6.07 Å². The highest BCUT2D eigenvalue weighted by Crippen LogP contribution is 2.27. The van der Waals surface area contributed by atoms with Gasteiger partial charge in [0.25, 0.3) is 0 Å². The molecule has 0 radical (unpaired) electrons. The minimum atomic E-state index is -0.957. The third kappa shape index (κ3) is 1.33. The average molecular weight is 211 g/mol. The van der Waals surface area contributed by atoms with E-state index in [9.17, 15) is 4.79 Å². The molecule has 0 aliphatic carbocycles. The number of aromatic carboxylic acids is 1. The van der Waals surface area contributed by atoms with Gasteiger partial charge in [0.15, 0.2) is 5.13 Å². The Hall–Kier alpha value is -1.56. The fourth-order valence-electron chi connectivity index (χ4n) is 1.11. The molecule has 0 bridgehead atoms. The van der Waals surface area contributed by atoms with E-state index in [0.29, 0.717) is 5.52 Å². The highest BCUT2D eigenvalue weighted by atomic mass is 32.1. The Labute approximate surface area is 84.0 Å². The number of aromatic nitrogens is 2. The van der Waals surface area contributed by atoms with Crippen LogP contribution in [-0.4, -0.2) is 35.1 Å². The average Bonchev–Trinajstić information content (AvgIpc) is 2.57. The number of carbonyl (C=O) groups is 1. The zero-order chi connectivity index (χ0) is 10.3. The largest absolute Gasteiger partial charge is 0.477 e. The van der Waals surface area contributed by atoms with E-state index in [1.165, 1.54) is 11.3 Å². The maximum atomic E-state index is 10.6. The molecule has 0 aliphatic rings. The van der Waals surface area contributed by atoms with Crippen LogP contribution >= 0.6 is 11.3 Å². The molecule has 2 aromatic heterocycles. The zero-order valence-corrected chi connectivity index (χ0v) is 8.55. The van der Waals surface area contributed by atoms with Crippen LogP contribution in [0.15, 0.2) is 6.07 Å². The number of anilines is 1. The van der Waals surface area contributed by atoms with Crippen molar-refractivity contribution in [3.05, 3.63) is 11.8 Å². The van der Waals surface area contributed by atoms with Gasteiger partial charge >= 0.3 is 5.97 Å². The Morgan fingerprint density at radius 2 is 2.36 bits per heavy atom. The summed E-state index contributed by atoms with van der Waals surface area (Å²) in [6.45, 7) is 0. The Balaban J connectivity index is 2.50. The fraction of sp³-hybridized carbons (Fsp3) is 0.250. The summed E-state index contributed by atoms with van der Waals surface area (Å²) in [6, 6.07) is 1.54. The molecule has 74 valence electrons. The first-order valence-electron chi connectivity index (χ1n) is 3.98. The molecule has 2 heterocycles. The van der Waals surface area contributed by atoms with Crippen LogP contribution in [0.2, 0.25) is 0 Å². The van der Waals surface area contributed by atoms with Crippen LogP contribution in [0.25, 0.3) is 10.3 Å². The molecule has 14 heavy (non-hydrogen) atoms. The Morgan fingerprint density at radius 1 is 1.64 bits per heavy atom. The molecular formula is C8H9N3O2S. The van der Waals surface area contributed by atoms with Crippen LogP contribution < -0.4 is 4.90 Å². The van der Waals surface area contributed by atoms with Gasteiger partial charge in [-0.25, -0.2) is 9.78 Å². The van der Waals surface area contributed by atoms with E-state index < -0.39 is 5.97 Å². The smallest absolute Gasteiger partial charge is 0.352 e. The maximum absolute atomic E-state index is 10.6. The van der Waals surface area contributed by atoms with Crippen LogP contribution in [0, 0.1) is 0 Å². The molecule has 2 aromatic rings. The van der Waals surface area contributed by atoms with Gasteiger partial charge in [-0.15, -0.1) is 0 Å². The van der Waals surface area contributed by atoms with E-state index in [2.05, 4.69) is 9.97 Å². The summed E-state index contributed by atoms with van der Waals surface area (Å²) in [4.78, 5) is 20.4. The van der Waals surface area contributed by atoms with Crippen molar-refractivity contribution in [2.75, 3.05) is 19.0 Å². The van der Waals surface area contributed by atoms with Gasteiger partial charge < -0.3 is 15.0 Å². The van der Waals surface area contributed by atoms with Crippen molar-refractivity contribution in [3.63, 3.8) is 0 Å². The number of hydrogen-bond donors (Lipinski definition) is 2. The van der Waals surface area contributed by atoms with Crippen molar-refractivity contribution in [2.45, 2.75) is 0 Å². The number of aromatic amines is 1. The quantitative estimate of drug-likeness (QED) is 0.787. The van der Waals surface area contributed by atoms with Crippen molar-refractivity contribution in [3.8, 4) is 0 Å². The second-order valence-electron chi connectivity index (χ2n) is 3.09. The predicted molar refractivity (Wildman–Crippen MR) is 55.3 cm³/mol. The van der Waals surface area contributed by atoms with E-state index in [-0.39, 0.29) is 5.69 Å². The van der Waals surface area contributed by atoms with Gasteiger partial charge in [0.1, 0.15) is 16.0 Å². The topological polar surface area (TPSA) is 69.2 Å². The van der Waals surface area contributed by atoms with Crippen LogP contribution in [0.5, 0.6) is 0 Å². The second-order valence-corrected chi connectivity index (χ2v) is 4.07. The predicted octanol–water partition coefficient (Wildman–Crippen LogP) is 1.39. The number of carboxylic acids is 1. The SMILES string of the molecule is CN(C)c1nc2cc(C(=O)O)[nH]c2s1. The molecule has 0 fully saturated rings. The monoisotopic (exact) mass is 211 g/mol. The molecule has 0 atom stereocenters. The number of fused-ring (bicyclic) bond motifs is 1. The van der Waals surface area contributed by atoms with Gasteiger partial charge in [-0.05, 0) is 6.07 Å². The molecule has 2 N–H and O–H groups in total. The van der Waals surface area contributed by atoms with Crippen LogP contribution in [0.3, 0.4) is 0 Å². The first-order valence-corrected chi connectivity index (χ1v) is 4.80. The van der Waals surface area contributed by atoms with Gasteiger partial charge in [-0.2, -0.15) is 0 Å². The van der Waals surface area contributed by atoms with E-state index >= 15 is 0 Å². The summed E-state index contributed by atoms with van der Waals surface area (Å²) in [5, 5.41) is 9.58. The molecule has 0 unspecified atom stereocenters. The third-order valence-electron chi connectivity index (χ3n) is 1.78. The summed E-state index contributed by atoms with van der Waals surface area (Å²) in [5.74, 6) is -0.957. The Bertz CT molecular complexity index is 454. The molecule has 6 heteroatoms. The Morgan fingerprint density at radius 3 is 2.86 bits per heavy atom. The lowest BCUT2D eigenvalue weighted by atomic mass is 10.4. The van der Waals surface area contributed by atoms with Gasteiger partial charge in [-0.3, -0.25) is 0 Å². The lowest BCUT2D eigenvalue weighted by Crippen LogP contribution is -2.07. The maximum Gasteiger partial charge on any atom is 0.352 e. The summed E-state index contributed by atoms with van der Waals surface area (Å²) >= 11 is 1.44. The molecule has 0 aliphatic heterocycles. The number of nitrogens with one attached hydrogen (secondary N) is 1. The number of thiazole rings is 1. The van der Waals surface area contributed by atoms with Crippen LogP contribution in [-0.2, 0) is 0 Å². The van der Waals surface area contributed by atoms with E-state index in [4.69, 9.17) is 5.11 Å². The van der Waals surface area contributed by atoms with Gasteiger partial charge in [0.2, 0.25) is 0 Å². The standard InChI is InChI=1S/C8H9N3O2S/c1-11(2)8-10-4-3-5(7(12)13)9-6(4)14-8/h3,9H,1-2H3,(H,12,13). The third-order valence-corrected chi connectivity index (χ3v) is 2.94. The molecule has 0 amide bonds. The molecule has 0 aromatic carbocycles. The van der Waals surface area contributed by atoms with Crippen LogP contribution in [0.1, 0.15) is 10.5 Å². The number of nitrogens with zero attached hydrogens (tertiary/aromatic N) is 2. The fourth-order valence-corrected chi connectivity index (χ4v) is 1.99. The van der Waals surface area contributed by atoms with Gasteiger partial charge in [-0.1, -0.05) is 11.3 Å². The summed E-state index contributed by atoms with van der Waals surface area (Å²) in [5.41, 5.74) is 0.889. The highest BCUT2D eigenvalue weighted by molar-refractivity contribution is 7.21. The van der Waals surface area contributed by atoms with Crippen molar-refractivity contribution >= 4 is 32.8 Å². The molecule has 0 saturated heterocycles. The summed E-state index contributed by atoms with van der Waals surface area (Å²) < 4.78 is 0. The number of H-pyrrole nitrogens is 1. The number of rotatable bonds is 2. The molecular weight excluding hydrogens is 202 g/mol. The number of hydrogen-bond acceptors (Lipinski definition) is 4. The van der Waals surface area contributed by atoms with Gasteiger partial charge in [0, 0.05) is 14.1 Å². The van der Waals surface area contributed by atoms with Crippen molar-refractivity contribution < 1.29 is 9.90 Å². The summed E-state index contributed by atoms with van der Waals surface area (Å²) in [6.07, 6.45) is 0. The first-order chi connectivity index (χ1) is 6.58.